The number of rotatable bonds is 4. The van der Waals surface area contributed by atoms with Crippen molar-refractivity contribution in [3.63, 3.8) is 0 Å². The van der Waals surface area contributed by atoms with Crippen LogP contribution in [-0.2, 0) is 4.84 Å². The summed E-state index contributed by atoms with van der Waals surface area (Å²) in [5.74, 6) is -1.19. The van der Waals surface area contributed by atoms with Crippen LogP contribution in [0.1, 0.15) is 34.0 Å². The third-order valence-electron chi connectivity index (χ3n) is 3.89. The molecule has 8 heteroatoms. The second-order valence-corrected chi connectivity index (χ2v) is 7.15. The smallest absolute Gasteiger partial charge is 0.163 e. The Bertz CT molecular complexity index is 873. The van der Waals surface area contributed by atoms with Crippen molar-refractivity contribution in [3.8, 4) is 0 Å². The highest BCUT2D eigenvalue weighted by Crippen LogP contribution is 2.33. The van der Waals surface area contributed by atoms with Crippen LogP contribution in [0.2, 0.25) is 0 Å². The second-order valence-electron chi connectivity index (χ2n) is 5.44. The van der Waals surface area contributed by atoms with E-state index >= 15 is 0 Å². The number of benzene rings is 2. The number of carbonyl (C=O) groups excluding carboxylic acids is 1. The van der Waals surface area contributed by atoms with E-state index < -0.39 is 23.8 Å². The van der Waals surface area contributed by atoms with Crippen molar-refractivity contribution in [2.75, 3.05) is 0 Å². The average Bonchev–Trinajstić information content (AvgIpc) is 3.09. The highest BCUT2D eigenvalue weighted by molar-refractivity contribution is 9.10. The van der Waals surface area contributed by atoms with Crippen molar-refractivity contribution < 1.29 is 23.5 Å². The SMILES string of the molecule is O=Cc1ccc(Br)c(F)c1C(O)C1CC(c2ccc(Br)c(F)c2)=NO1. The number of carbonyl (C=O) groups is 1. The molecule has 0 saturated heterocycles. The van der Waals surface area contributed by atoms with Gasteiger partial charge in [-0.3, -0.25) is 4.79 Å². The number of halogens is 4. The zero-order valence-corrected chi connectivity index (χ0v) is 15.7. The Morgan fingerprint density at radius 3 is 2.64 bits per heavy atom. The number of hydrogen-bond acceptors (Lipinski definition) is 4. The predicted molar refractivity (Wildman–Crippen MR) is 94.6 cm³/mol. The quantitative estimate of drug-likeness (QED) is 0.662. The molecule has 0 fully saturated rings. The van der Waals surface area contributed by atoms with Gasteiger partial charge in [-0.15, -0.1) is 0 Å². The summed E-state index contributed by atoms with van der Waals surface area (Å²) in [6.07, 6.45) is -1.68. The lowest BCUT2D eigenvalue weighted by Crippen LogP contribution is -2.21. The van der Waals surface area contributed by atoms with E-state index in [0.29, 0.717) is 22.0 Å². The lowest BCUT2D eigenvalue weighted by Gasteiger charge is -2.19. The molecule has 1 heterocycles. The Morgan fingerprint density at radius 2 is 1.96 bits per heavy atom. The first-order chi connectivity index (χ1) is 11.9. The molecule has 0 saturated carbocycles. The second kappa shape index (κ2) is 7.31. The van der Waals surface area contributed by atoms with Gasteiger partial charge in [-0.2, -0.15) is 0 Å². The van der Waals surface area contributed by atoms with E-state index in [4.69, 9.17) is 4.84 Å². The van der Waals surface area contributed by atoms with Gasteiger partial charge in [-0.25, -0.2) is 8.78 Å². The summed E-state index contributed by atoms with van der Waals surface area (Å²) in [4.78, 5) is 16.4. The highest BCUT2D eigenvalue weighted by Gasteiger charge is 2.33. The Labute approximate surface area is 158 Å². The van der Waals surface area contributed by atoms with Crippen LogP contribution in [0.5, 0.6) is 0 Å². The maximum atomic E-state index is 14.4. The van der Waals surface area contributed by atoms with Crippen molar-refractivity contribution >= 4 is 43.9 Å². The molecule has 0 bridgehead atoms. The normalized spacial score (nSPS) is 17.8. The fraction of sp³-hybridized carbons (Fsp3) is 0.176. The molecule has 1 aliphatic heterocycles. The number of oxime groups is 1. The minimum atomic E-state index is -1.40. The minimum Gasteiger partial charge on any atom is -0.389 e. The van der Waals surface area contributed by atoms with Gasteiger partial charge in [-0.1, -0.05) is 11.2 Å². The van der Waals surface area contributed by atoms with Gasteiger partial charge in [0.25, 0.3) is 0 Å². The van der Waals surface area contributed by atoms with Crippen LogP contribution in [0.15, 0.2) is 44.4 Å². The summed E-state index contributed by atoms with van der Waals surface area (Å²) >= 11 is 6.10. The van der Waals surface area contributed by atoms with Gasteiger partial charge in [0.15, 0.2) is 12.4 Å². The lowest BCUT2D eigenvalue weighted by atomic mass is 9.94. The Balaban J connectivity index is 1.85. The summed E-state index contributed by atoms with van der Waals surface area (Å²) in [6, 6.07) is 7.27. The van der Waals surface area contributed by atoms with E-state index in [1.165, 1.54) is 24.3 Å². The van der Waals surface area contributed by atoms with Crippen molar-refractivity contribution in [2.24, 2.45) is 5.16 Å². The third kappa shape index (κ3) is 3.51. The van der Waals surface area contributed by atoms with E-state index in [1.54, 1.807) is 6.07 Å². The molecule has 2 aromatic rings. The van der Waals surface area contributed by atoms with Gasteiger partial charge in [0, 0.05) is 23.1 Å². The van der Waals surface area contributed by atoms with Gasteiger partial charge in [0.1, 0.15) is 17.7 Å². The average molecular weight is 475 g/mol. The summed E-state index contributed by atoms with van der Waals surface area (Å²) in [5.41, 5.74) is 0.798. The number of aldehydes is 1. The Morgan fingerprint density at radius 1 is 1.24 bits per heavy atom. The third-order valence-corrected chi connectivity index (χ3v) is 5.14. The van der Waals surface area contributed by atoms with Crippen LogP contribution in [0, 0.1) is 11.6 Å². The van der Waals surface area contributed by atoms with E-state index in [9.17, 15) is 18.7 Å². The monoisotopic (exact) mass is 473 g/mol. The summed E-state index contributed by atoms with van der Waals surface area (Å²) in [5, 5.41) is 14.4. The van der Waals surface area contributed by atoms with E-state index in [2.05, 4.69) is 37.0 Å². The highest BCUT2D eigenvalue weighted by atomic mass is 79.9. The topological polar surface area (TPSA) is 58.9 Å². The van der Waals surface area contributed by atoms with Crippen LogP contribution >= 0.6 is 31.9 Å². The largest absolute Gasteiger partial charge is 0.389 e. The van der Waals surface area contributed by atoms with Crippen molar-refractivity contribution in [2.45, 2.75) is 18.6 Å². The lowest BCUT2D eigenvalue weighted by molar-refractivity contribution is -0.0201. The van der Waals surface area contributed by atoms with Crippen LogP contribution in [0.3, 0.4) is 0 Å². The molecule has 25 heavy (non-hydrogen) atoms. The number of nitrogens with zero attached hydrogens (tertiary/aromatic N) is 1. The van der Waals surface area contributed by atoms with Gasteiger partial charge < -0.3 is 9.94 Å². The van der Waals surface area contributed by atoms with Crippen molar-refractivity contribution in [3.05, 3.63) is 67.6 Å². The molecule has 1 aliphatic rings. The number of hydrogen-bond donors (Lipinski definition) is 1. The van der Waals surface area contributed by atoms with Crippen LogP contribution < -0.4 is 0 Å². The molecular weight excluding hydrogens is 464 g/mol. The van der Waals surface area contributed by atoms with E-state index in [0.717, 1.165) is 0 Å². The van der Waals surface area contributed by atoms with Crippen LogP contribution in [0.4, 0.5) is 8.78 Å². The molecule has 0 aromatic heterocycles. The molecule has 4 nitrogen and oxygen atoms in total. The first kappa shape index (κ1) is 18.2. The van der Waals surface area contributed by atoms with Crippen LogP contribution in [0.25, 0.3) is 0 Å². The zero-order valence-electron chi connectivity index (χ0n) is 12.5. The molecule has 2 atom stereocenters. The number of aliphatic hydroxyl groups excluding tert-OH is 1. The molecular formula is C17H11Br2F2NO3. The molecule has 0 radical (unpaired) electrons. The minimum absolute atomic E-state index is 0.0277. The van der Waals surface area contributed by atoms with Crippen LogP contribution in [-0.4, -0.2) is 23.2 Å². The predicted octanol–water partition coefficient (Wildman–Crippen LogP) is 4.53. The maximum absolute atomic E-state index is 14.4. The van der Waals surface area contributed by atoms with Gasteiger partial charge >= 0.3 is 0 Å². The fourth-order valence-electron chi connectivity index (χ4n) is 2.58. The first-order valence-electron chi connectivity index (χ1n) is 7.21. The molecule has 130 valence electrons. The zero-order chi connectivity index (χ0) is 18.1. The van der Waals surface area contributed by atoms with E-state index in [-0.39, 0.29) is 22.0 Å². The summed E-state index contributed by atoms with van der Waals surface area (Å²) in [7, 11) is 0. The van der Waals surface area contributed by atoms with Crippen molar-refractivity contribution in [1.29, 1.82) is 0 Å². The van der Waals surface area contributed by atoms with Gasteiger partial charge in [-0.05, 0) is 56.1 Å². The van der Waals surface area contributed by atoms with Crippen molar-refractivity contribution in [1.82, 2.24) is 0 Å². The standard InChI is InChI=1S/C17H11Br2F2NO3/c18-10-3-1-8(5-12(10)20)13-6-14(25-22-13)17(24)15-9(7-23)2-4-11(19)16(15)21/h1-5,7,14,17,24H,6H2. The van der Waals surface area contributed by atoms with E-state index in [1.807, 2.05) is 0 Å². The molecule has 2 aromatic carbocycles. The fourth-order valence-corrected chi connectivity index (χ4v) is 3.17. The maximum Gasteiger partial charge on any atom is 0.163 e. The molecule has 0 aliphatic carbocycles. The van der Waals surface area contributed by atoms with Gasteiger partial charge in [0.2, 0.25) is 0 Å². The molecule has 0 spiro atoms. The number of aliphatic hydroxyl groups is 1. The first-order valence-corrected chi connectivity index (χ1v) is 8.80. The summed E-state index contributed by atoms with van der Waals surface area (Å²) in [6.45, 7) is 0. The molecule has 1 N–H and O–H groups in total. The Kier molecular flexibility index (Phi) is 5.31. The molecule has 0 amide bonds. The Hall–Kier alpha value is -1.64. The molecule has 2 unspecified atom stereocenters. The summed E-state index contributed by atoms with van der Waals surface area (Å²) < 4.78 is 28.5. The van der Waals surface area contributed by atoms with Gasteiger partial charge in [0.05, 0.1) is 14.7 Å². The molecule has 3 rings (SSSR count).